The highest BCUT2D eigenvalue weighted by molar-refractivity contribution is 5.79. The highest BCUT2D eigenvalue weighted by Gasteiger charge is 2.26. The normalized spacial score (nSPS) is 21.1. The van der Waals surface area contributed by atoms with E-state index in [1.165, 1.54) is 5.56 Å². The van der Waals surface area contributed by atoms with Gasteiger partial charge in [-0.15, -0.1) is 0 Å². The average molecular weight is 275 g/mol. The predicted molar refractivity (Wildman–Crippen MR) is 80.4 cm³/mol. The van der Waals surface area contributed by atoms with Crippen molar-refractivity contribution in [1.29, 1.82) is 0 Å². The third-order valence-corrected chi connectivity index (χ3v) is 4.09. The Balaban J connectivity index is 1.96. The number of carbonyl (C=O) groups excluding carboxylic acids is 1. The second-order valence-electron chi connectivity index (χ2n) is 5.83. The molecule has 1 saturated heterocycles. The Morgan fingerprint density at radius 2 is 2.05 bits per heavy atom. The molecule has 110 valence electrons. The minimum absolute atomic E-state index is 0.0999. The molecule has 2 atom stereocenters. The van der Waals surface area contributed by atoms with Gasteiger partial charge in [0.15, 0.2) is 0 Å². The van der Waals surface area contributed by atoms with Gasteiger partial charge in [-0.25, -0.2) is 0 Å². The summed E-state index contributed by atoms with van der Waals surface area (Å²) in [4.78, 5) is 13.9. The number of aliphatic hydroxyl groups excluding tert-OH is 1. The molecule has 3 nitrogen and oxygen atoms in total. The maximum atomic E-state index is 12.0. The number of aryl methyl sites for hydroxylation is 1. The molecule has 1 heterocycles. The molecule has 1 aliphatic heterocycles. The highest BCUT2D eigenvalue weighted by Crippen LogP contribution is 2.21. The van der Waals surface area contributed by atoms with E-state index in [-0.39, 0.29) is 11.8 Å². The molecule has 20 heavy (non-hydrogen) atoms. The third kappa shape index (κ3) is 3.60. The van der Waals surface area contributed by atoms with Gasteiger partial charge in [0.2, 0.25) is 5.91 Å². The molecule has 0 aromatic heterocycles. The van der Waals surface area contributed by atoms with Gasteiger partial charge in [-0.05, 0) is 30.4 Å². The van der Waals surface area contributed by atoms with E-state index in [1.807, 2.05) is 19.1 Å². The lowest BCUT2D eigenvalue weighted by Gasteiger charge is -2.32. The van der Waals surface area contributed by atoms with Gasteiger partial charge in [0.05, 0.1) is 12.6 Å². The Labute approximate surface area is 121 Å². The lowest BCUT2D eigenvalue weighted by Crippen LogP contribution is -2.42. The van der Waals surface area contributed by atoms with Crippen LogP contribution in [0.2, 0.25) is 0 Å². The number of hydrogen-bond acceptors (Lipinski definition) is 2. The predicted octanol–water partition coefficient (Wildman–Crippen LogP) is 2.93. The first kappa shape index (κ1) is 15.0. The van der Waals surface area contributed by atoms with Gasteiger partial charge in [0, 0.05) is 12.5 Å². The Morgan fingerprint density at radius 1 is 1.35 bits per heavy atom. The van der Waals surface area contributed by atoms with E-state index < -0.39 is 6.10 Å². The maximum absolute atomic E-state index is 12.0. The van der Waals surface area contributed by atoms with Gasteiger partial charge in [0.1, 0.15) is 0 Å². The van der Waals surface area contributed by atoms with Crippen LogP contribution in [0.1, 0.15) is 50.3 Å². The zero-order chi connectivity index (χ0) is 14.5. The number of benzene rings is 1. The van der Waals surface area contributed by atoms with Gasteiger partial charge < -0.3 is 10.0 Å². The van der Waals surface area contributed by atoms with Crippen molar-refractivity contribution in [2.75, 3.05) is 13.1 Å². The molecule has 1 N–H and O–H groups in total. The number of piperidine rings is 1. The quantitative estimate of drug-likeness (QED) is 0.897. The van der Waals surface area contributed by atoms with Crippen LogP contribution in [0.3, 0.4) is 0 Å². The molecule has 1 amide bonds. The Morgan fingerprint density at radius 3 is 2.70 bits per heavy atom. The van der Waals surface area contributed by atoms with Crippen molar-refractivity contribution in [3.63, 3.8) is 0 Å². The van der Waals surface area contributed by atoms with Crippen LogP contribution in [0.5, 0.6) is 0 Å². The van der Waals surface area contributed by atoms with E-state index in [9.17, 15) is 9.90 Å². The summed E-state index contributed by atoms with van der Waals surface area (Å²) in [6, 6.07) is 8.10. The zero-order valence-corrected chi connectivity index (χ0v) is 12.5. The third-order valence-electron chi connectivity index (χ3n) is 4.09. The minimum atomic E-state index is -0.583. The van der Waals surface area contributed by atoms with Gasteiger partial charge in [-0.3, -0.25) is 4.79 Å². The number of likely N-dealkylation sites (tertiary alicyclic amines) is 1. The summed E-state index contributed by atoms with van der Waals surface area (Å²) in [5.41, 5.74) is 2.20. The molecule has 0 radical (unpaired) electrons. The van der Waals surface area contributed by atoms with Crippen molar-refractivity contribution in [2.45, 2.75) is 45.6 Å². The fourth-order valence-corrected chi connectivity index (χ4v) is 2.82. The van der Waals surface area contributed by atoms with E-state index in [1.54, 1.807) is 4.90 Å². The number of carbonyl (C=O) groups is 1. The van der Waals surface area contributed by atoms with E-state index in [0.29, 0.717) is 6.54 Å². The molecule has 2 unspecified atom stereocenters. The molecule has 0 bridgehead atoms. The first-order valence-electron chi connectivity index (χ1n) is 7.67. The molecule has 0 spiro atoms. The molecule has 1 fully saturated rings. The SMILES string of the molecule is CCCc1ccc(C(O)CN2CCCC(C)C2=O)cc1. The van der Waals surface area contributed by atoms with Crippen LogP contribution >= 0.6 is 0 Å². The lowest BCUT2D eigenvalue weighted by molar-refractivity contribution is -0.139. The van der Waals surface area contributed by atoms with Crippen LogP contribution in [0.4, 0.5) is 0 Å². The lowest BCUT2D eigenvalue weighted by atomic mass is 9.98. The van der Waals surface area contributed by atoms with E-state index in [0.717, 1.165) is 37.8 Å². The Kier molecular flexibility index (Phi) is 5.18. The molecule has 0 aliphatic carbocycles. The van der Waals surface area contributed by atoms with E-state index in [4.69, 9.17) is 0 Å². The zero-order valence-electron chi connectivity index (χ0n) is 12.5. The first-order chi connectivity index (χ1) is 9.61. The van der Waals surface area contributed by atoms with Crippen molar-refractivity contribution in [3.8, 4) is 0 Å². The number of β-amino-alcohol motifs (C(OH)–C–C–N with tert-alkyl or cyclic N) is 1. The van der Waals surface area contributed by atoms with Gasteiger partial charge in [0.25, 0.3) is 0 Å². The van der Waals surface area contributed by atoms with E-state index >= 15 is 0 Å². The van der Waals surface area contributed by atoms with Gasteiger partial charge in [-0.1, -0.05) is 44.5 Å². The number of hydrogen-bond donors (Lipinski definition) is 1. The summed E-state index contributed by atoms with van der Waals surface area (Å²) in [7, 11) is 0. The summed E-state index contributed by atoms with van der Waals surface area (Å²) >= 11 is 0. The summed E-state index contributed by atoms with van der Waals surface area (Å²) in [6.45, 7) is 5.32. The van der Waals surface area contributed by atoms with Crippen LogP contribution in [0.15, 0.2) is 24.3 Å². The fourth-order valence-electron chi connectivity index (χ4n) is 2.82. The molecular formula is C17H25NO2. The molecule has 2 rings (SSSR count). The Bertz CT molecular complexity index is 441. The molecule has 1 aliphatic rings. The second-order valence-corrected chi connectivity index (χ2v) is 5.83. The van der Waals surface area contributed by atoms with Crippen molar-refractivity contribution in [2.24, 2.45) is 5.92 Å². The fraction of sp³-hybridized carbons (Fsp3) is 0.588. The second kappa shape index (κ2) is 6.89. The summed E-state index contributed by atoms with van der Waals surface area (Å²) in [5, 5.41) is 10.3. The molecule has 0 saturated carbocycles. The molecule has 1 aromatic rings. The summed E-state index contributed by atoms with van der Waals surface area (Å²) in [6.07, 6.45) is 3.62. The van der Waals surface area contributed by atoms with Crippen molar-refractivity contribution >= 4 is 5.91 Å². The molecule has 3 heteroatoms. The summed E-state index contributed by atoms with van der Waals surface area (Å²) in [5.74, 6) is 0.279. The topological polar surface area (TPSA) is 40.5 Å². The van der Waals surface area contributed by atoms with E-state index in [2.05, 4.69) is 19.1 Å². The maximum Gasteiger partial charge on any atom is 0.225 e. The van der Waals surface area contributed by atoms with Crippen molar-refractivity contribution in [3.05, 3.63) is 35.4 Å². The number of aliphatic hydroxyl groups is 1. The summed E-state index contributed by atoms with van der Waals surface area (Å²) < 4.78 is 0. The molecule has 1 aromatic carbocycles. The first-order valence-corrected chi connectivity index (χ1v) is 7.67. The largest absolute Gasteiger partial charge is 0.387 e. The van der Waals surface area contributed by atoms with Gasteiger partial charge >= 0.3 is 0 Å². The number of amides is 1. The number of rotatable bonds is 5. The monoisotopic (exact) mass is 275 g/mol. The standard InChI is InChI=1S/C17H25NO2/c1-3-5-14-7-9-15(10-8-14)16(19)12-18-11-4-6-13(2)17(18)20/h7-10,13,16,19H,3-6,11-12H2,1-2H3. The van der Waals surface area contributed by atoms with Crippen molar-refractivity contribution < 1.29 is 9.90 Å². The Hall–Kier alpha value is -1.35. The smallest absolute Gasteiger partial charge is 0.225 e. The van der Waals surface area contributed by atoms with Crippen LogP contribution in [0, 0.1) is 5.92 Å². The van der Waals surface area contributed by atoms with Gasteiger partial charge in [-0.2, -0.15) is 0 Å². The highest BCUT2D eigenvalue weighted by atomic mass is 16.3. The van der Waals surface area contributed by atoms with Crippen molar-refractivity contribution in [1.82, 2.24) is 4.90 Å². The van der Waals surface area contributed by atoms with Crippen LogP contribution < -0.4 is 0 Å². The average Bonchev–Trinajstić information content (AvgIpc) is 2.45. The number of nitrogens with zero attached hydrogens (tertiary/aromatic N) is 1. The minimum Gasteiger partial charge on any atom is -0.387 e. The van der Waals surface area contributed by atoms with Crippen LogP contribution in [-0.2, 0) is 11.2 Å². The molecular weight excluding hydrogens is 250 g/mol. The van der Waals surface area contributed by atoms with Crippen LogP contribution in [0.25, 0.3) is 0 Å². The van der Waals surface area contributed by atoms with Crippen LogP contribution in [-0.4, -0.2) is 29.0 Å².